The molecule has 0 aliphatic heterocycles. The molecule has 0 aliphatic rings. The van der Waals surface area contributed by atoms with Crippen LogP contribution in [0.15, 0.2) is 18.2 Å². The van der Waals surface area contributed by atoms with Gasteiger partial charge in [0.05, 0.1) is 11.0 Å². The number of aliphatic hydroxyl groups excluding tert-OH is 1. The molecular weight excluding hydrogens is 260 g/mol. The molecule has 0 atom stereocenters. The molecule has 1 N–H and O–H groups in total. The SMILES string of the molecule is CCCCCCCn1c(CCCO)nc2cc(C)ccc21. The quantitative estimate of drug-likeness (QED) is 0.701. The first kappa shape index (κ1) is 16.0. The highest BCUT2D eigenvalue weighted by atomic mass is 16.2. The molecule has 2 rings (SSSR count). The molecule has 0 saturated carbocycles. The standard InChI is InChI=1S/C18H28N2O/c1-3-4-5-6-7-12-20-17-11-10-15(2)14-16(17)19-18(20)9-8-13-21/h10-11,14,21H,3-9,12-13H2,1-2H3. The maximum Gasteiger partial charge on any atom is 0.109 e. The summed E-state index contributed by atoms with van der Waals surface area (Å²) in [6.45, 7) is 5.64. The fourth-order valence-corrected chi connectivity index (χ4v) is 2.84. The van der Waals surface area contributed by atoms with Gasteiger partial charge in [-0.05, 0) is 37.5 Å². The Labute approximate surface area is 128 Å². The van der Waals surface area contributed by atoms with E-state index in [1.54, 1.807) is 0 Å². The summed E-state index contributed by atoms with van der Waals surface area (Å²) in [5.41, 5.74) is 3.59. The predicted molar refractivity (Wildman–Crippen MR) is 88.6 cm³/mol. The van der Waals surface area contributed by atoms with Crippen LogP contribution >= 0.6 is 0 Å². The number of hydrogen-bond acceptors (Lipinski definition) is 2. The van der Waals surface area contributed by atoms with Crippen LogP contribution in [0.2, 0.25) is 0 Å². The fraction of sp³-hybridized carbons (Fsp3) is 0.611. The maximum absolute atomic E-state index is 9.07. The average molecular weight is 288 g/mol. The van der Waals surface area contributed by atoms with E-state index in [0.29, 0.717) is 0 Å². The van der Waals surface area contributed by atoms with Crippen LogP contribution in [0.5, 0.6) is 0 Å². The first-order valence-corrected chi connectivity index (χ1v) is 8.33. The molecule has 0 aliphatic carbocycles. The number of unbranched alkanes of at least 4 members (excludes halogenated alkanes) is 4. The van der Waals surface area contributed by atoms with Gasteiger partial charge in [0.1, 0.15) is 5.82 Å². The minimum absolute atomic E-state index is 0.235. The molecule has 2 aromatic rings. The molecule has 3 heteroatoms. The monoisotopic (exact) mass is 288 g/mol. The van der Waals surface area contributed by atoms with Crippen molar-refractivity contribution in [2.24, 2.45) is 0 Å². The second kappa shape index (κ2) is 8.18. The Morgan fingerprint density at radius 1 is 1.10 bits per heavy atom. The van der Waals surface area contributed by atoms with Crippen LogP contribution in [-0.2, 0) is 13.0 Å². The van der Waals surface area contributed by atoms with Gasteiger partial charge in [-0.2, -0.15) is 0 Å². The fourth-order valence-electron chi connectivity index (χ4n) is 2.84. The van der Waals surface area contributed by atoms with Gasteiger partial charge in [0, 0.05) is 19.6 Å². The molecule has 116 valence electrons. The summed E-state index contributed by atoms with van der Waals surface area (Å²) in [5, 5.41) is 9.07. The Kier molecular flexibility index (Phi) is 6.24. The number of aromatic nitrogens is 2. The number of aliphatic hydroxyl groups is 1. The van der Waals surface area contributed by atoms with E-state index in [1.807, 2.05) is 0 Å². The lowest BCUT2D eigenvalue weighted by molar-refractivity contribution is 0.287. The molecule has 3 nitrogen and oxygen atoms in total. The molecule has 0 fully saturated rings. The average Bonchev–Trinajstić information content (AvgIpc) is 2.81. The number of aryl methyl sites for hydroxylation is 3. The second-order valence-electron chi connectivity index (χ2n) is 5.91. The summed E-state index contributed by atoms with van der Waals surface area (Å²) in [6, 6.07) is 6.50. The molecule has 0 radical (unpaired) electrons. The summed E-state index contributed by atoms with van der Waals surface area (Å²) in [6.07, 6.45) is 8.10. The van der Waals surface area contributed by atoms with E-state index in [2.05, 4.69) is 36.6 Å². The van der Waals surface area contributed by atoms with E-state index in [4.69, 9.17) is 10.1 Å². The van der Waals surface area contributed by atoms with Gasteiger partial charge >= 0.3 is 0 Å². The molecule has 1 heterocycles. The highest BCUT2D eigenvalue weighted by Crippen LogP contribution is 2.20. The Bertz CT molecular complexity index is 560. The number of rotatable bonds is 9. The van der Waals surface area contributed by atoms with Crippen molar-refractivity contribution >= 4 is 11.0 Å². The highest BCUT2D eigenvalue weighted by molar-refractivity contribution is 5.76. The molecular formula is C18H28N2O. The topological polar surface area (TPSA) is 38.0 Å². The zero-order valence-electron chi connectivity index (χ0n) is 13.4. The molecule has 0 spiro atoms. The third kappa shape index (κ3) is 4.31. The molecule has 0 unspecified atom stereocenters. The van der Waals surface area contributed by atoms with E-state index in [-0.39, 0.29) is 6.61 Å². The van der Waals surface area contributed by atoms with Crippen molar-refractivity contribution in [3.63, 3.8) is 0 Å². The van der Waals surface area contributed by atoms with Gasteiger partial charge in [-0.1, -0.05) is 38.7 Å². The van der Waals surface area contributed by atoms with Crippen LogP contribution in [0.4, 0.5) is 0 Å². The Balaban J connectivity index is 2.13. The second-order valence-corrected chi connectivity index (χ2v) is 5.91. The number of fused-ring (bicyclic) bond motifs is 1. The lowest BCUT2D eigenvalue weighted by Gasteiger charge is -2.09. The highest BCUT2D eigenvalue weighted by Gasteiger charge is 2.10. The summed E-state index contributed by atoms with van der Waals surface area (Å²) < 4.78 is 2.36. The Hall–Kier alpha value is -1.35. The summed E-state index contributed by atoms with van der Waals surface area (Å²) in [5.74, 6) is 1.13. The molecule has 0 amide bonds. The molecule has 21 heavy (non-hydrogen) atoms. The minimum atomic E-state index is 0.235. The number of benzene rings is 1. The van der Waals surface area contributed by atoms with Crippen molar-refractivity contribution in [2.45, 2.75) is 65.3 Å². The predicted octanol–water partition coefficient (Wildman–Crippen LogP) is 4.24. The normalized spacial score (nSPS) is 11.4. The van der Waals surface area contributed by atoms with Crippen molar-refractivity contribution in [1.82, 2.24) is 9.55 Å². The molecule has 1 aromatic heterocycles. The van der Waals surface area contributed by atoms with Crippen LogP contribution in [-0.4, -0.2) is 21.3 Å². The Morgan fingerprint density at radius 3 is 2.67 bits per heavy atom. The van der Waals surface area contributed by atoms with Crippen LogP contribution < -0.4 is 0 Å². The zero-order chi connectivity index (χ0) is 15.1. The Morgan fingerprint density at radius 2 is 1.90 bits per heavy atom. The van der Waals surface area contributed by atoms with E-state index in [0.717, 1.165) is 30.7 Å². The zero-order valence-corrected chi connectivity index (χ0v) is 13.4. The number of imidazole rings is 1. The lowest BCUT2D eigenvalue weighted by atomic mass is 10.1. The number of nitrogens with zero attached hydrogens (tertiary/aromatic N) is 2. The smallest absolute Gasteiger partial charge is 0.109 e. The van der Waals surface area contributed by atoms with Gasteiger partial charge in [0.2, 0.25) is 0 Å². The molecule has 0 saturated heterocycles. The van der Waals surface area contributed by atoms with Gasteiger partial charge in [-0.3, -0.25) is 0 Å². The van der Waals surface area contributed by atoms with Crippen molar-refractivity contribution in [3.8, 4) is 0 Å². The van der Waals surface area contributed by atoms with E-state index < -0.39 is 0 Å². The summed E-state index contributed by atoms with van der Waals surface area (Å²) in [7, 11) is 0. The summed E-state index contributed by atoms with van der Waals surface area (Å²) in [4.78, 5) is 4.78. The van der Waals surface area contributed by atoms with Crippen molar-refractivity contribution in [1.29, 1.82) is 0 Å². The molecule has 1 aromatic carbocycles. The van der Waals surface area contributed by atoms with Crippen molar-refractivity contribution in [2.75, 3.05) is 6.61 Å². The van der Waals surface area contributed by atoms with E-state index >= 15 is 0 Å². The largest absolute Gasteiger partial charge is 0.396 e. The van der Waals surface area contributed by atoms with Gasteiger partial charge < -0.3 is 9.67 Å². The van der Waals surface area contributed by atoms with Gasteiger partial charge in [0.15, 0.2) is 0 Å². The third-order valence-corrected chi connectivity index (χ3v) is 4.03. The van der Waals surface area contributed by atoms with Crippen LogP contribution in [0.1, 0.15) is 56.8 Å². The first-order chi connectivity index (χ1) is 10.3. The third-order valence-electron chi connectivity index (χ3n) is 4.03. The van der Waals surface area contributed by atoms with Crippen LogP contribution in [0.25, 0.3) is 11.0 Å². The number of hydrogen-bond donors (Lipinski definition) is 1. The minimum Gasteiger partial charge on any atom is -0.396 e. The van der Waals surface area contributed by atoms with Gasteiger partial charge in [-0.15, -0.1) is 0 Å². The first-order valence-electron chi connectivity index (χ1n) is 8.33. The van der Waals surface area contributed by atoms with Crippen LogP contribution in [0, 0.1) is 6.92 Å². The van der Waals surface area contributed by atoms with Crippen LogP contribution in [0.3, 0.4) is 0 Å². The van der Waals surface area contributed by atoms with Gasteiger partial charge in [-0.25, -0.2) is 4.98 Å². The van der Waals surface area contributed by atoms with Crippen molar-refractivity contribution < 1.29 is 5.11 Å². The molecule has 0 bridgehead atoms. The van der Waals surface area contributed by atoms with Crippen molar-refractivity contribution in [3.05, 3.63) is 29.6 Å². The maximum atomic E-state index is 9.07. The lowest BCUT2D eigenvalue weighted by Crippen LogP contribution is -2.05. The van der Waals surface area contributed by atoms with Gasteiger partial charge in [0.25, 0.3) is 0 Å². The summed E-state index contributed by atoms with van der Waals surface area (Å²) >= 11 is 0. The van der Waals surface area contributed by atoms with E-state index in [9.17, 15) is 0 Å². The van der Waals surface area contributed by atoms with E-state index in [1.165, 1.54) is 43.2 Å².